The van der Waals surface area contributed by atoms with Gasteiger partial charge in [0.1, 0.15) is 12.0 Å². The molecule has 1 amide bonds. The summed E-state index contributed by atoms with van der Waals surface area (Å²) in [6, 6.07) is 7.44. The van der Waals surface area contributed by atoms with Crippen molar-refractivity contribution in [2.24, 2.45) is 11.1 Å². The highest BCUT2D eigenvalue weighted by Gasteiger charge is 2.58. The Hall–Kier alpha value is -3.29. The number of hydrogen-bond donors (Lipinski definition) is 3. The van der Waals surface area contributed by atoms with Gasteiger partial charge in [-0.1, -0.05) is 24.3 Å². The minimum atomic E-state index is -0.995. The Labute approximate surface area is 179 Å². The number of benzene rings is 1. The summed E-state index contributed by atoms with van der Waals surface area (Å²) in [4.78, 5) is 20.1. The number of nitrogens with zero attached hydrogens (tertiary/aromatic N) is 2. The van der Waals surface area contributed by atoms with E-state index in [4.69, 9.17) is 5.73 Å². The molecule has 6 nitrogen and oxygen atoms in total. The van der Waals surface area contributed by atoms with Crippen molar-refractivity contribution in [3.63, 3.8) is 0 Å². The molecule has 1 aliphatic heterocycles. The van der Waals surface area contributed by atoms with Gasteiger partial charge in [-0.05, 0) is 49.2 Å². The topological polar surface area (TPSA) is 92.9 Å². The van der Waals surface area contributed by atoms with E-state index in [1.165, 1.54) is 6.08 Å². The lowest BCUT2D eigenvalue weighted by atomic mass is 9.55. The number of dihydropyridines is 1. The summed E-state index contributed by atoms with van der Waals surface area (Å²) in [6.45, 7) is 2.08. The number of allylic oxidation sites excluding steroid dienone is 2. The van der Waals surface area contributed by atoms with Crippen LogP contribution in [-0.2, 0) is 11.2 Å². The Morgan fingerprint density at radius 1 is 1.29 bits per heavy atom. The number of halogens is 2. The second-order valence-electron chi connectivity index (χ2n) is 8.38. The number of carbonyl (C=O) groups is 1. The lowest BCUT2D eigenvalue weighted by Gasteiger charge is -2.55. The summed E-state index contributed by atoms with van der Waals surface area (Å²) in [5, 5.41) is 6.24. The van der Waals surface area contributed by atoms with Crippen molar-refractivity contribution >= 4 is 11.9 Å². The van der Waals surface area contributed by atoms with Crippen molar-refractivity contribution in [2.75, 3.05) is 11.9 Å². The Morgan fingerprint density at radius 3 is 2.65 bits per heavy atom. The first kappa shape index (κ1) is 21.0. The summed E-state index contributed by atoms with van der Waals surface area (Å²) >= 11 is 0. The van der Waals surface area contributed by atoms with E-state index in [-0.39, 0.29) is 25.1 Å². The Kier molecular flexibility index (Phi) is 5.47. The number of amides is 1. The fourth-order valence-electron chi connectivity index (χ4n) is 4.46. The molecule has 8 heteroatoms. The second-order valence-corrected chi connectivity index (χ2v) is 8.38. The molecule has 0 bridgehead atoms. The molecule has 0 spiro atoms. The highest BCUT2D eigenvalue weighted by atomic mass is 19.1. The van der Waals surface area contributed by atoms with Crippen molar-refractivity contribution in [3.05, 3.63) is 66.4 Å². The zero-order valence-electron chi connectivity index (χ0n) is 17.2. The first-order valence-electron chi connectivity index (χ1n) is 10.2. The van der Waals surface area contributed by atoms with Crippen molar-refractivity contribution in [1.29, 1.82) is 0 Å². The number of primary amides is 1. The standard InChI is InChI=1S/C23H25F2N5O/c1-22(19(25)7-4-8-30-22)23(10-17(24)11-23)14-29-21-27-12-16(13-28-21)18-6-3-2-5-15(18)9-20(26)31/h2-8,12-13,17,30H,9-11,14H2,1H3,(H2,26,31)(H,27,28,29)/t17-,22?,23-. The number of anilines is 1. The molecule has 1 aromatic carbocycles. The van der Waals surface area contributed by atoms with Crippen LogP contribution in [0.2, 0.25) is 0 Å². The highest BCUT2D eigenvalue weighted by molar-refractivity contribution is 5.80. The molecule has 0 radical (unpaired) electrons. The van der Waals surface area contributed by atoms with Gasteiger partial charge in [0.2, 0.25) is 11.9 Å². The van der Waals surface area contributed by atoms with E-state index >= 15 is 0 Å². The minimum absolute atomic E-state index is 0.127. The monoisotopic (exact) mass is 425 g/mol. The summed E-state index contributed by atoms with van der Waals surface area (Å²) in [5.74, 6) is -0.354. The minimum Gasteiger partial charge on any atom is -0.379 e. The van der Waals surface area contributed by atoms with Gasteiger partial charge >= 0.3 is 0 Å². The molecule has 2 aliphatic rings. The molecule has 1 saturated carbocycles. The summed E-state index contributed by atoms with van der Waals surface area (Å²) in [7, 11) is 0. The molecule has 31 heavy (non-hydrogen) atoms. The number of carbonyl (C=O) groups excluding carboxylic acids is 1. The maximum absolute atomic E-state index is 14.7. The summed E-state index contributed by atoms with van der Waals surface area (Å²) in [5.41, 5.74) is 6.09. The van der Waals surface area contributed by atoms with E-state index in [0.717, 1.165) is 16.7 Å². The van der Waals surface area contributed by atoms with Gasteiger partial charge in [-0.2, -0.15) is 0 Å². The van der Waals surface area contributed by atoms with E-state index in [2.05, 4.69) is 20.6 Å². The van der Waals surface area contributed by atoms with Crippen LogP contribution in [0.3, 0.4) is 0 Å². The molecule has 2 aromatic rings. The average Bonchev–Trinajstić information content (AvgIpc) is 2.73. The van der Waals surface area contributed by atoms with Crippen molar-refractivity contribution in [3.8, 4) is 11.1 Å². The molecule has 0 saturated heterocycles. The van der Waals surface area contributed by atoms with Crippen LogP contribution in [0.1, 0.15) is 25.3 Å². The number of rotatable bonds is 7. The van der Waals surface area contributed by atoms with E-state index in [1.54, 1.807) is 31.6 Å². The molecule has 2 heterocycles. The SMILES string of the molecule is CC1([C@]2(CNc3ncc(-c4ccccc4CC(N)=O)cn3)C[C@@H](F)C2)NC=CC=C1F. The van der Waals surface area contributed by atoms with Gasteiger partial charge in [-0.15, -0.1) is 0 Å². The lowest BCUT2D eigenvalue weighted by Crippen LogP contribution is -2.64. The van der Waals surface area contributed by atoms with Gasteiger partial charge in [0, 0.05) is 29.9 Å². The zero-order valence-corrected chi connectivity index (χ0v) is 17.2. The van der Waals surface area contributed by atoms with E-state index in [1.807, 2.05) is 24.3 Å². The maximum atomic E-state index is 14.7. The molecule has 1 aliphatic carbocycles. The van der Waals surface area contributed by atoms with Crippen LogP contribution in [-0.4, -0.2) is 34.1 Å². The number of alkyl halides is 1. The van der Waals surface area contributed by atoms with Crippen LogP contribution >= 0.6 is 0 Å². The molecule has 1 atom stereocenters. The smallest absolute Gasteiger partial charge is 0.222 e. The van der Waals surface area contributed by atoms with Gasteiger partial charge in [-0.3, -0.25) is 4.79 Å². The van der Waals surface area contributed by atoms with E-state index < -0.39 is 23.0 Å². The van der Waals surface area contributed by atoms with Crippen LogP contribution in [0.5, 0.6) is 0 Å². The molecule has 1 fully saturated rings. The lowest BCUT2D eigenvalue weighted by molar-refractivity contribution is -0.117. The zero-order chi connectivity index (χ0) is 22.1. The largest absolute Gasteiger partial charge is 0.379 e. The number of nitrogens with one attached hydrogen (secondary N) is 2. The van der Waals surface area contributed by atoms with Crippen LogP contribution in [0.25, 0.3) is 11.1 Å². The van der Waals surface area contributed by atoms with E-state index in [9.17, 15) is 13.6 Å². The maximum Gasteiger partial charge on any atom is 0.222 e. The Balaban J connectivity index is 1.50. The normalized spacial score (nSPS) is 27.1. The molecule has 1 aromatic heterocycles. The fraction of sp³-hybridized carbons (Fsp3) is 0.348. The number of aromatic nitrogens is 2. The molecular weight excluding hydrogens is 400 g/mol. The first-order chi connectivity index (χ1) is 14.8. The number of nitrogens with two attached hydrogens (primary N) is 1. The third-order valence-corrected chi connectivity index (χ3v) is 6.40. The predicted octanol–water partition coefficient (Wildman–Crippen LogP) is 3.43. The van der Waals surface area contributed by atoms with Gasteiger partial charge in [0.05, 0.1) is 12.0 Å². The number of hydrogen-bond acceptors (Lipinski definition) is 5. The average molecular weight is 425 g/mol. The van der Waals surface area contributed by atoms with Gasteiger partial charge in [0.15, 0.2) is 0 Å². The molecule has 1 unspecified atom stereocenters. The molecule has 162 valence electrons. The van der Waals surface area contributed by atoms with Gasteiger partial charge < -0.3 is 16.4 Å². The third-order valence-electron chi connectivity index (χ3n) is 6.40. The van der Waals surface area contributed by atoms with Crippen LogP contribution in [0.4, 0.5) is 14.7 Å². The van der Waals surface area contributed by atoms with Crippen LogP contribution in [0.15, 0.2) is 60.8 Å². The fourth-order valence-corrected chi connectivity index (χ4v) is 4.46. The van der Waals surface area contributed by atoms with Crippen LogP contribution in [0, 0.1) is 5.41 Å². The van der Waals surface area contributed by atoms with Crippen molar-refractivity contribution in [1.82, 2.24) is 15.3 Å². The van der Waals surface area contributed by atoms with E-state index in [0.29, 0.717) is 12.5 Å². The van der Waals surface area contributed by atoms with Crippen molar-refractivity contribution < 1.29 is 13.6 Å². The van der Waals surface area contributed by atoms with Gasteiger partial charge in [-0.25, -0.2) is 18.7 Å². The van der Waals surface area contributed by atoms with Crippen LogP contribution < -0.4 is 16.4 Å². The molecule has 4 rings (SSSR count). The third kappa shape index (κ3) is 3.89. The molecule has 4 N–H and O–H groups in total. The summed E-state index contributed by atoms with van der Waals surface area (Å²) in [6.07, 6.45) is 7.68. The first-order valence-corrected chi connectivity index (χ1v) is 10.2. The Bertz CT molecular complexity index is 1030. The second kappa shape index (κ2) is 8.09. The summed E-state index contributed by atoms with van der Waals surface area (Å²) < 4.78 is 28.6. The predicted molar refractivity (Wildman–Crippen MR) is 115 cm³/mol. The highest BCUT2D eigenvalue weighted by Crippen LogP contribution is 2.54. The van der Waals surface area contributed by atoms with Crippen molar-refractivity contribution in [2.45, 2.75) is 37.9 Å². The van der Waals surface area contributed by atoms with Gasteiger partial charge in [0.25, 0.3) is 0 Å². The molecular formula is C23H25F2N5O. The quantitative estimate of drug-likeness (QED) is 0.632. The Morgan fingerprint density at radius 2 is 2.00 bits per heavy atom.